The highest BCUT2D eigenvalue weighted by atomic mass is 32.2. The number of para-hydroxylation sites is 1. The van der Waals surface area contributed by atoms with Crippen LogP contribution in [0.1, 0.15) is 22.9 Å². The summed E-state index contributed by atoms with van der Waals surface area (Å²) in [5.74, 6) is 0.284. The molecule has 8 heteroatoms. The van der Waals surface area contributed by atoms with Gasteiger partial charge in [-0.2, -0.15) is 4.21 Å². The van der Waals surface area contributed by atoms with Crippen molar-refractivity contribution in [3.8, 4) is 5.75 Å². The summed E-state index contributed by atoms with van der Waals surface area (Å²) in [5.41, 5.74) is 3.86. The van der Waals surface area contributed by atoms with E-state index in [1.165, 1.54) is 24.3 Å². The van der Waals surface area contributed by atoms with Crippen LogP contribution in [0.5, 0.6) is 5.75 Å². The molecule has 0 aliphatic carbocycles. The molecular weight excluding hydrogens is 414 g/mol. The van der Waals surface area contributed by atoms with E-state index in [4.69, 9.17) is 4.18 Å². The van der Waals surface area contributed by atoms with Crippen molar-refractivity contribution in [2.75, 3.05) is 0 Å². The maximum atomic E-state index is 13.2. The predicted octanol–water partition coefficient (Wildman–Crippen LogP) is 5.11. The van der Waals surface area contributed by atoms with Gasteiger partial charge in [-0.1, -0.05) is 42.5 Å². The molecule has 2 heterocycles. The lowest BCUT2D eigenvalue weighted by atomic mass is 9.95. The highest BCUT2D eigenvalue weighted by Crippen LogP contribution is 2.37. The summed E-state index contributed by atoms with van der Waals surface area (Å²) in [6.07, 6.45) is 3.64. The van der Waals surface area contributed by atoms with Crippen LogP contribution in [0, 0.1) is 10.1 Å². The molecule has 1 aliphatic rings. The van der Waals surface area contributed by atoms with Gasteiger partial charge < -0.3 is 9.17 Å². The summed E-state index contributed by atoms with van der Waals surface area (Å²) in [6, 6.07) is 23.1. The van der Waals surface area contributed by atoms with Crippen molar-refractivity contribution in [3.63, 3.8) is 0 Å². The van der Waals surface area contributed by atoms with E-state index < -0.39 is 16.2 Å². The Morgan fingerprint density at radius 3 is 2.52 bits per heavy atom. The van der Waals surface area contributed by atoms with Crippen LogP contribution in [0.2, 0.25) is 0 Å². The Bertz CT molecular complexity index is 1300. The summed E-state index contributed by atoms with van der Waals surface area (Å²) in [4.78, 5) is 13.8. The Hall–Kier alpha value is -3.91. The average molecular weight is 431 g/mol. The van der Waals surface area contributed by atoms with Gasteiger partial charge in [-0.15, -0.1) is 0 Å². The van der Waals surface area contributed by atoms with Gasteiger partial charge in [0, 0.05) is 29.5 Å². The van der Waals surface area contributed by atoms with Gasteiger partial charge in [-0.25, -0.2) is 0 Å². The third-order valence-corrected chi connectivity index (χ3v) is 6.19. The fraction of sp³-hybridized carbons (Fsp3) is 0.0435. The fourth-order valence-electron chi connectivity index (χ4n) is 3.72. The van der Waals surface area contributed by atoms with Crippen LogP contribution in [-0.2, 0) is 11.3 Å². The van der Waals surface area contributed by atoms with Crippen LogP contribution in [0.4, 0.5) is 5.69 Å². The SMILES string of the molecule is O=[N+]([O-])c1ccc(O[S@](=O)N2C=Cc3ccccc3[C@H]2c2cc3ccccc3[nH]2)cc1. The van der Waals surface area contributed by atoms with Crippen LogP contribution < -0.4 is 4.18 Å². The van der Waals surface area contributed by atoms with Crippen LogP contribution in [-0.4, -0.2) is 18.4 Å². The predicted molar refractivity (Wildman–Crippen MR) is 119 cm³/mol. The highest BCUT2D eigenvalue weighted by molar-refractivity contribution is 7.78. The van der Waals surface area contributed by atoms with Crippen molar-refractivity contribution < 1.29 is 13.3 Å². The Balaban J connectivity index is 1.51. The summed E-state index contributed by atoms with van der Waals surface area (Å²) in [6.45, 7) is 0. The zero-order valence-electron chi connectivity index (χ0n) is 16.2. The van der Waals surface area contributed by atoms with Gasteiger partial charge in [0.15, 0.2) is 0 Å². The minimum atomic E-state index is -1.88. The molecule has 0 radical (unpaired) electrons. The van der Waals surface area contributed by atoms with Gasteiger partial charge >= 0.3 is 11.3 Å². The van der Waals surface area contributed by atoms with Crippen LogP contribution in [0.15, 0.2) is 85.1 Å². The molecule has 5 rings (SSSR count). The van der Waals surface area contributed by atoms with E-state index in [1.807, 2.05) is 60.7 Å². The maximum absolute atomic E-state index is 13.2. The number of hydrogen-bond acceptors (Lipinski definition) is 4. The number of nitrogens with one attached hydrogen (secondary N) is 1. The number of H-pyrrole nitrogens is 1. The van der Waals surface area contributed by atoms with E-state index in [-0.39, 0.29) is 17.5 Å². The molecule has 0 unspecified atom stereocenters. The molecule has 0 spiro atoms. The number of nitro benzene ring substituents is 1. The first-order chi connectivity index (χ1) is 15.1. The molecule has 0 bridgehead atoms. The zero-order chi connectivity index (χ0) is 21.4. The lowest BCUT2D eigenvalue weighted by Gasteiger charge is -2.32. The average Bonchev–Trinajstić information content (AvgIpc) is 3.22. The minimum Gasteiger partial charge on any atom is -0.385 e. The molecule has 0 fully saturated rings. The monoisotopic (exact) mass is 431 g/mol. The first-order valence-electron chi connectivity index (χ1n) is 9.58. The summed E-state index contributed by atoms with van der Waals surface area (Å²) in [7, 11) is 0. The third-order valence-electron chi connectivity index (χ3n) is 5.18. The van der Waals surface area contributed by atoms with E-state index in [0.717, 1.165) is 27.7 Å². The molecule has 1 aromatic heterocycles. The van der Waals surface area contributed by atoms with Gasteiger partial charge in [0.25, 0.3) is 5.69 Å². The number of nitrogens with zero attached hydrogens (tertiary/aromatic N) is 2. The van der Waals surface area contributed by atoms with E-state index in [1.54, 1.807) is 10.5 Å². The van der Waals surface area contributed by atoms with Gasteiger partial charge in [-0.05, 0) is 46.9 Å². The fourth-order valence-corrected chi connectivity index (χ4v) is 4.64. The number of hydrogen-bond donors (Lipinski definition) is 1. The molecule has 31 heavy (non-hydrogen) atoms. The summed E-state index contributed by atoms with van der Waals surface area (Å²) < 4.78 is 20.5. The molecular formula is C23H17N3O4S. The molecule has 2 atom stereocenters. The van der Waals surface area contributed by atoms with E-state index in [0.29, 0.717) is 0 Å². The number of aromatic amines is 1. The first kappa shape index (κ1) is 19.1. The Labute approximate surface area is 180 Å². The van der Waals surface area contributed by atoms with Crippen molar-refractivity contribution in [2.24, 2.45) is 0 Å². The number of nitro groups is 1. The molecule has 154 valence electrons. The van der Waals surface area contributed by atoms with Crippen LogP contribution in [0.3, 0.4) is 0 Å². The molecule has 0 saturated heterocycles. The molecule has 1 N–H and O–H groups in total. The number of non-ortho nitro benzene ring substituents is 1. The lowest BCUT2D eigenvalue weighted by Crippen LogP contribution is -2.32. The highest BCUT2D eigenvalue weighted by Gasteiger charge is 2.31. The van der Waals surface area contributed by atoms with Crippen LogP contribution >= 0.6 is 0 Å². The number of rotatable bonds is 5. The molecule has 0 amide bonds. The van der Waals surface area contributed by atoms with E-state index in [2.05, 4.69) is 4.98 Å². The van der Waals surface area contributed by atoms with Crippen molar-refractivity contribution in [1.29, 1.82) is 0 Å². The number of aromatic nitrogens is 1. The van der Waals surface area contributed by atoms with E-state index in [9.17, 15) is 14.3 Å². The smallest absolute Gasteiger partial charge is 0.319 e. The van der Waals surface area contributed by atoms with Gasteiger partial charge in [0.2, 0.25) is 0 Å². The molecule has 1 aliphatic heterocycles. The van der Waals surface area contributed by atoms with Crippen molar-refractivity contribution >= 4 is 33.9 Å². The molecule has 7 nitrogen and oxygen atoms in total. The van der Waals surface area contributed by atoms with Crippen LogP contribution in [0.25, 0.3) is 17.0 Å². The molecule has 0 saturated carbocycles. The standard InChI is InChI=1S/C23H17N3O4S/c27-26(28)18-9-11-19(12-10-18)30-31(29)25-14-13-16-5-1-3-7-20(16)23(25)22-15-17-6-2-4-8-21(17)24-22/h1-15,23-24H/t23-,31-/m0/s1. The zero-order valence-corrected chi connectivity index (χ0v) is 17.0. The topological polar surface area (TPSA) is 88.5 Å². The second-order valence-electron chi connectivity index (χ2n) is 7.07. The summed E-state index contributed by atoms with van der Waals surface area (Å²) in [5, 5.41) is 11.9. The Kier molecular flexibility index (Phi) is 4.76. The quantitative estimate of drug-likeness (QED) is 0.351. The maximum Gasteiger partial charge on any atom is 0.319 e. The first-order valence-corrected chi connectivity index (χ1v) is 10.6. The second-order valence-corrected chi connectivity index (χ2v) is 8.09. The largest absolute Gasteiger partial charge is 0.385 e. The van der Waals surface area contributed by atoms with Gasteiger partial charge in [0.05, 0.1) is 4.92 Å². The van der Waals surface area contributed by atoms with Gasteiger partial charge in [-0.3, -0.25) is 14.4 Å². The van der Waals surface area contributed by atoms with Crippen molar-refractivity contribution in [2.45, 2.75) is 6.04 Å². The molecule has 3 aromatic carbocycles. The Morgan fingerprint density at radius 1 is 1.00 bits per heavy atom. The molecule has 4 aromatic rings. The van der Waals surface area contributed by atoms with Crippen molar-refractivity contribution in [3.05, 3.63) is 112 Å². The van der Waals surface area contributed by atoms with Gasteiger partial charge in [0.1, 0.15) is 11.8 Å². The third kappa shape index (κ3) is 3.57. The minimum absolute atomic E-state index is 0.0547. The lowest BCUT2D eigenvalue weighted by molar-refractivity contribution is -0.384. The normalized spacial score (nSPS) is 16.1. The number of fused-ring (bicyclic) bond motifs is 2. The number of benzene rings is 3. The Morgan fingerprint density at radius 2 is 1.74 bits per heavy atom. The summed E-state index contributed by atoms with van der Waals surface area (Å²) >= 11 is -1.88. The van der Waals surface area contributed by atoms with Crippen molar-refractivity contribution in [1.82, 2.24) is 9.29 Å². The second kappa shape index (κ2) is 7.73. The van der Waals surface area contributed by atoms with E-state index >= 15 is 0 Å².